The molecule has 1 aliphatic carbocycles. The minimum absolute atomic E-state index is 0.0937. The van der Waals surface area contributed by atoms with Crippen LogP contribution >= 0.6 is 0 Å². The summed E-state index contributed by atoms with van der Waals surface area (Å²) < 4.78 is 1.64. The van der Waals surface area contributed by atoms with Crippen molar-refractivity contribution in [2.24, 2.45) is 0 Å². The van der Waals surface area contributed by atoms with Crippen molar-refractivity contribution < 1.29 is 4.79 Å². The van der Waals surface area contributed by atoms with E-state index in [0.29, 0.717) is 24.0 Å². The number of aryl methyl sites for hydroxylation is 1. The SMILES string of the molecule is CCn1ncc(N)c1C(=O)NC1CCCC1. The van der Waals surface area contributed by atoms with Crippen LogP contribution in [-0.2, 0) is 6.54 Å². The van der Waals surface area contributed by atoms with Gasteiger partial charge in [0.15, 0.2) is 0 Å². The number of amides is 1. The Bertz CT molecular complexity index is 379. The molecule has 2 rings (SSSR count). The van der Waals surface area contributed by atoms with Crippen LogP contribution in [0.2, 0.25) is 0 Å². The minimum atomic E-state index is -0.0937. The van der Waals surface area contributed by atoms with E-state index in [1.807, 2.05) is 6.92 Å². The van der Waals surface area contributed by atoms with Crippen LogP contribution < -0.4 is 11.1 Å². The first-order valence-corrected chi connectivity index (χ1v) is 5.84. The van der Waals surface area contributed by atoms with Crippen LogP contribution in [0.25, 0.3) is 0 Å². The fourth-order valence-corrected chi connectivity index (χ4v) is 2.21. The van der Waals surface area contributed by atoms with Crippen molar-refractivity contribution in [2.45, 2.75) is 45.2 Å². The molecule has 0 radical (unpaired) electrons. The Morgan fingerprint density at radius 2 is 2.31 bits per heavy atom. The molecule has 0 aromatic carbocycles. The summed E-state index contributed by atoms with van der Waals surface area (Å²) in [5.74, 6) is -0.0937. The van der Waals surface area contributed by atoms with Crippen molar-refractivity contribution in [3.63, 3.8) is 0 Å². The van der Waals surface area contributed by atoms with Gasteiger partial charge in [0, 0.05) is 12.6 Å². The van der Waals surface area contributed by atoms with E-state index < -0.39 is 0 Å². The lowest BCUT2D eigenvalue weighted by Gasteiger charge is -2.12. The van der Waals surface area contributed by atoms with E-state index in [-0.39, 0.29) is 5.91 Å². The molecular formula is C11H18N4O. The van der Waals surface area contributed by atoms with Gasteiger partial charge >= 0.3 is 0 Å². The molecule has 1 heterocycles. The predicted molar refractivity (Wildman–Crippen MR) is 62.0 cm³/mol. The summed E-state index contributed by atoms with van der Waals surface area (Å²) in [7, 11) is 0. The molecule has 1 fully saturated rings. The van der Waals surface area contributed by atoms with Crippen LogP contribution in [0.5, 0.6) is 0 Å². The number of anilines is 1. The Morgan fingerprint density at radius 1 is 1.62 bits per heavy atom. The average molecular weight is 222 g/mol. The zero-order chi connectivity index (χ0) is 11.5. The summed E-state index contributed by atoms with van der Waals surface area (Å²) in [5, 5.41) is 7.08. The summed E-state index contributed by atoms with van der Waals surface area (Å²) in [5.41, 5.74) is 6.70. The number of nitrogens with one attached hydrogen (secondary N) is 1. The Balaban J connectivity index is 2.10. The molecule has 0 saturated heterocycles. The second-order valence-electron chi connectivity index (χ2n) is 4.22. The van der Waals surface area contributed by atoms with Crippen LogP contribution in [0.1, 0.15) is 43.1 Å². The first-order chi connectivity index (χ1) is 7.72. The van der Waals surface area contributed by atoms with Gasteiger partial charge < -0.3 is 11.1 Å². The summed E-state index contributed by atoms with van der Waals surface area (Å²) in [6, 6.07) is 0.312. The Kier molecular flexibility index (Phi) is 3.12. The van der Waals surface area contributed by atoms with E-state index in [1.54, 1.807) is 4.68 Å². The van der Waals surface area contributed by atoms with Gasteiger partial charge in [-0.2, -0.15) is 5.10 Å². The molecule has 0 unspecified atom stereocenters. The number of nitrogens with two attached hydrogens (primary N) is 1. The van der Waals surface area contributed by atoms with Gasteiger partial charge in [-0.3, -0.25) is 9.48 Å². The van der Waals surface area contributed by atoms with Crippen LogP contribution in [0.4, 0.5) is 5.69 Å². The van der Waals surface area contributed by atoms with Gasteiger partial charge in [0.1, 0.15) is 5.69 Å². The van der Waals surface area contributed by atoms with E-state index in [0.717, 1.165) is 12.8 Å². The molecule has 0 bridgehead atoms. The summed E-state index contributed by atoms with van der Waals surface area (Å²) in [6.45, 7) is 2.60. The highest BCUT2D eigenvalue weighted by atomic mass is 16.2. The number of carbonyl (C=O) groups excluding carboxylic acids is 1. The second kappa shape index (κ2) is 4.55. The molecule has 3 N–H and O–H groups in total. The van der Waals surface area contributed by atoms with Crippen LogP contribution in [0, 0.1) is 0 Å². The maximum Gasteiger partial charge on any atom is 0.271 e. The molecule has 1 aromatic rings. The first-order valence-electron chi connectivity index (χ1n) is 5.84. The van der Waals surface area contributed by atoms with Crippen molar-refractivity contribution in [3.05, 3.63) is 11.9 Å². The molecule has 16 heavy (non-hydrogen) atoms. The van der Waals surface area contributed by atoms with Crippen LogP contribution in [0.3, 0.4) is 0 Å². The maximum absolute atomic E-state index is 12.0. The molecule has 0 spiro atoms. The normalized spacial score (nSPS) is 16.6. The molecule has 1 aromatic heterocycles. The number of carbonyl (C=O) groups is 1. The Morgan fingerprint density at radius 3 is 2.94 bits per heavy atom. The summed E-state index contributed by atoms with van der Waals surface area (Å²) in [4.78, 5) is 12.0. The number of hydrogen-bond acceptors (Lipinski definition) is 3. The minimum Gasteiger partial charge on any atom is -0.396 e. The number of nitrogens with zero attached hydrogens (tertiary/aromatic N) is 2. The number of aromatic nitrogens is 2. The quantitative estimate of drug-likeness (QED) is 0.806. The van der Waals surface area contributed by atoms with Gasteiger partial charge in [0.2, 0.25) is 0 Å². The lowest BCUT2D eigenvalue weighted by Crippen LogP contribution is -2.34. The van der Waals surface area contributed by atoms with Crippen molar-refractivity contribution in [2.75, 3.05) is 5.73 Å². The van der Waals surface area contributed by atoms with Crippen molar-refractivity contribution in [1.29, 1.82) is 0 Å². The summed E-state index contributed by atoms with van der Waals surface area (Å²) >= 11 is 0. The van der Waals surface area contributed by atoms with E-state index in [4.69, 9.17) is 5.73 Å². The molecule has 1 aliphatic rings. The monoisotopic (exact) mass is 222 g/mol. The fourth-order valence-electron chi connectivity index (χ4n) is 2.21. The average Bonchev–Trinajstić information content (AvgIpc) is 2.87. The van der Waals surface area contributed by atoms with Crippen molar-refractivity contribution >= 4 is 11.6 Å². The topological polar surface area (TPSA) is 72.9 Å². The van der Waals surface area contributed by atoms with Gasteiger partial charge in [-0.25, -0.2) is 0 Å². The van der Waals surface area contributed by atoms with Gasteiger partial charge in [0.25, 0.3) is 5.91 Å². The third-order valence-corrected chi connectivity index (χ3v) is 3.07. The molecule has 0 aliphatic heterocycles. The third-order valence-electron chi connectivity index (χ3n) is 3.07. The van der Waals surface area contributed by atoms with Gasteiger partial charge in [-0.1, -0.05) is 12.8 Å². The van der Waals surface area contributed by atoms with Crippen LogP contribution in [-0.4, -0.2) is 21.7 Å². The molecular weight excluding hydrogens is 204 g/mol. The summed E-state index contributed by atoms with van der Waals surface area (Å²) in [6.07, 6.45) is 6.09. The Labute approximate surface area is 95.0 Å². The first kappa shape index (κ1) is 11.0. The van der Waals surface area contributed by atoms with Gasteiger partial charge in [-0.05, 0) is 19.8 Å². The zero-order valence-corrected chi connectivity index (χ0v) is 9.57. The highest BCUT2D eigenvalue weighted by Crippen LogP contribution is 2.19. The molecule has 1 amide bonds. The number of rotatable bonds is 3. The highest BCUT2D eigenvalue weighted by molar-refractivity contribution is 5.97. The molecule has 5 heteroatoms. The van der Waals surface area contributed by atoms with E-state index in [2.05, 4.69) is 10.4 Å². The van der Waals surface area contributed by atoms with E-state index in [9.17, 15) is 4.79 Å². The van der Waals surface area contributed by atoms with Crippen molar-refractivity contribution in [3.8, 4) is 0 Å². The smallest absolute Gasteiger partial charge is 0.271 e. The van der Waals surface area contributed by atoms with E-state index >= 15 is 0 Å². The second-order valence-corrected chi connectivity index (χ2v) is 4.22. The largest absolute Gasteiger partial charge is 0.396 e. The fraction of sp³-hybridized carbons (Fsp3) is 0.636. The maximum atomic E-state index is 12.0. The predicted octanol–water partition coefficient (Wildman–Crippen LogP) is 1.16. The Hall–Kier alpha value is -1.52. The van der Waals surface area contributed by atoms with Crippen LogP contribution in [0.15, 0.2) is 6.20 Å². The van der Waals surface area contributed by atoms with Gasteiger partial charge in [-0.15, -0.1) is 0 Å². The van der Waals surface area contributed by atoms with E-state index in [1.165, 1.54) is 19.0 Å². The molecule has 1 saturated carbocycles. The molecule has 5 nitrogen and oxygen atoms in total. The standard InChI is InChI=1S/C11H18N4O/c1-2-15-10(9(12)7-13-15)11(16)14-8-5-3-4-6-8/h7-8H,2-6,12H2,1H3,(H,14,16). The molecule has 88 valence electrons. The van der Waals surface area contributed by atoms with Gasteiger partial charge in [0.05, 0.1) is 11.9 Å². The lowest BCUT2D eigenvalue weighted by atomic mass is 10.2. The molecule has 0 atom stereocenters. The number of nitrogen functional groups attached to an aromatic ring is 1. The van der Waals surface area contributed by atoms with Crippen molar-refractivity contribution in [1.82, 2.24) is 15.1 Å². The third kappa shape index (κ3) is 2.03. The highest BCUT2D eigenvalue weighted by Gasteiger charge is 2.21. The lowest BCUT2D eigenvalue weighted by molar-refractivity contribution is 0.0928. The zero-order valence-electron chi connectivity index (χ0n) is 9.57. The number of hydrogen-bond donors (Lipinski definition) is 2.